The second-order valence-corrected chi connectivity index (χ2v) is 5.11. The first-order chi connectivity index (χ1) is 7.69. The third-order valence-electron chi connectivity index (χ3n) is 3.18. The van der Waals surface area contributed by atoms with Crippen molar-refractivity contribution in [1.82, 2.24) is 9.78 Å². The lowest BCUT2D eigenvalue weighted by atomic mass is 9.80. The Labute approximate surface area is 103 Å². The molecule has 0 amide bonds. The average molecular weight is 240 g/mol. The van der Waals surface area contributed by atoms with Gasteiger partial charge in [0.1, 0.15) is 0 Å². The quantitative estimate of drug-likeness (QED) is 0.719. The molecule has 0 aliphatic heterocycles. The van der Waals surface area contributed by atoms with E-state index in [1.54, 1.807) is 44.6 Å². The molecule has 0 unspecified atom stereocenters. The number of hydrogen-bond donors (Lipinski definition) is 2. The zero-order valence-corrected chi connectivity index (χ0v) is 11.1. The number of aromatic nitrogens is 2. The van der Waals surface area contributed by atoms with Crippen molar-refractivity contribution in [1.29, 1.82) is 0 Å². The molecule has 1 aromatic heterocycles. The van der Waals surface area contributed by atoms with Gasteiger partial charge in [-0.05, 0) is 40.7 Å². The van der Waals surface area contributed by atoms with Crippen LogP contribution in [0.2, 0.25) is 0 Å². The minimum absolute atomic E-state index is 0.588. The fourth-order valence-corrected chi connectivity index (χ4v) is 1.30. The minimum Gasteiger partial charge on any atom is -0.422 e. The predicted octanol–water partition coefficient (Wildman–Crippen LogP) is 0.157. The number of aliphatic hydroxyl groups is 1. The van der Waals surface area contributed by atoms with Crippen LogP contribution in [0.15, 0.2) is 12.3 Å². The molecule has 17 heavy (non-hydrogen) atoms. The summed E-state index contributed by atoms with van der Waals surface area (Å²) in [5.41, 5.74) is -1.33. The summed E-state index contributed by atoms with van der Waals surface area (Å²) < 4.78 is 7.19. The Bertz CT molecular complexity index is 371. The van der Waals surface area contributed by atoms with Gasteiger partial charge in [-0.2, -0.15) is 5.10 Å². The summed E-state index contributed by atoms with van der Waals surface area (Å²) in [5, 5.41) is 24.0. The molecule has 0 aromatic carbocycles. The van der Waals surface area contributed by atoms with Crippen LogP contribution < -0.4 is 5.59 Å². The molecule has 1 aromatic rings. The topological polar surface area (TPSA) is 67.5 Å². The fraction of sp³-hybridized carbons (Fsp3) is 0.727. The third-order valence-corrected chi connectivity index (χ3v) is 3.18. The van der Waals surface area contributed by atoms with E-state index >= 15 is 0 Å². The normalized spacial score (nSPS) is 12.9. The number of nitrogens with zero attached hydrogens (tertiary/aromatic N) is 2. The van der Waals surface area contributed by atoms with Crippen LogP contribution in [-0.2, 0) is 11.2 Å². The fourth-order valence-electron chi connectivity index (χ4n) is 1.30. The second-order valence-electron chi connectivity index (χ2n) is 5.11. The third kappa shape index (κ3) is 3.09. The smallest absolute Gasteiger partial charge is 0.422 e. The highest BCUT2D eigenvalue weighted by Gasteiger charge is 2.40. The molecule has 0 spiro atoms. The van der Waals surface area contributed by atoms with Gasteiger partial charge < -0.3 is 14.8 Å². The Morgan fingerprint density at radius 3 is 2.47 bits per heavy atom. The van der Waals surface area contributed by atoms with Crippen molar-refractivity contribution in [3.8, 4) is 0 Å². The number of rotatable bonds is 5. The molecule has 0 fully saturated rings. The molecule has 0 radical (unpaired) electrons. The van der Waals surface area contributed by atoms with Crippen molar-refractivity contribution in [2.24, 2.45) is 0 Å². The zero-order chi connectivity index (χ0) is 13.3. The van der Waals surface area contributed by atoms with Crippen molar-refractivity contribution < 1.29 is 14.8 Å². The van der Waals surface area contributed by atoms with Crippen LogP contribution in [0.4, 0.5) is 0 Å². The number of hydrogen-bond acceptors (Lipinski definition) is 4. The molecule has 2 N–H and O–H groups in total. The van der Waals surface area contributed by atoms with Crippen molar-refractivity contribution in [2.75, 3.05) is 0 Å². The van der Waals surface area contributed by atoms with Gasteiger partial charge in [-0.3, -0.25) is 4.68 Å². The summed E-state index contributed by atoms with van der Waals surface area (Å²) in [6, 6.07) is 1.70. The lowest BCUT2D eigenvalue weighted by Crippen LogP contribution is -2.54. The lowest BCUT2D eigenvalue weighted by Gasteiger charge is -2.38. The Hall–Kier alpha value is -0.845. The van der Waals surface area contributed by atoms with Crippen LogP contribution in [0.1, 0.15) is 34.6 Å². The molecule has 0 saturated carbocycles. The molecule has 0 atom stereocenters. The van der Waals surface area contributed by atoms with Crippen LogP contribution in [-0.4, -0.2) is 38.2 Å². The first-order valence-corrected chi connectivity index (χ1v) is 5.79. The summed E-state index contributed by atoms with van der Waals surface area (Å²) in [7, 11) is -1.10. The Morgan fingerprint density at radius 1 is 1.41 bits per heavy atom. The van der Waals surface area contributed by atoms with Gasteiger partial charge >= 0.3 is 7.12 Å². The van der Waals surface area contributed by atoms with Gasteiger partial charge in [0.15, 0.2) is 0 Å². The Morgan fingerprint density at radius 2 is 2.00 bits per heavy atom. The van der Waals surface area contributed by atoms with Gasteiger partial charge in [-0.1, -0.05) is 0 Å². The van der Waals surface area contributed by atoms with Crippen molar-refractivity contribution in [2.45, 2.75) is 52.4 Å². The first-order valence-electron chi connectivity index (χ1n) is 5.79. The summed E-state index contributed by atoms with van der Waals surface area (Å²) in [4.78, 5) is 0. The molecule has 0 saturated heterocycles. The Kier molecular flexibility index (Phi) is 4.01. The standard InChI is InChI=1S/C11H21BN2O3/c1-6-14-9(7-8-13-14)12(16)17-11(4,5)10(2,3)15/h7-8,15-16H,6H2,1-5H3. The largest absolute Gasteiger partial charge is 0.510 e. The molecule has 0 aliphatic rings. The lowest BCUT2D eigenvalue weighted by molar-refractivity contribution is -0.0984. The van der Waals surface area contributed by atoms with Gasteiger partial charge in [0.05, 0.1) is 16.8 Å². The predicted molar refractivity (Wildman–Crippen MR) is 67.0 cm³/mol. The van der Waals surface area contributed by atoms with Crippen molar-refractivity contribution >= 4 is 12.7 Å². The molecular weight excluding hydrogens is 219 g/mol. The van der Waals surface area contributed by atoms with Crippen LogP contribution >= 0.6 is 0 Å². The molecule has 6 heteroatoms. The van der Waals surface area contributed by atoms with Gasteiger partial charge in [0.2, 0.25) is 0 Å². The average Bonchev–Trinajstić information content (AvgIpc) is 2.62. The van der Waals surface area contributed by atoms with E-state index in [0.717, 1.165) is 0 Å². The maximum atomic E-state index is 10.0. The SMILES string of the molecule is CCn1nccc1B(O)OC(C)(C)C(C)(C)O. The highest BCUT2D eigenvalue weighted by Crippen LogP contribution is 2.25. The van der Waals surface area contributed by atoms with Crippen molar-refractivity contribution in [3.63, 3.8) is 0 Å². The maximum absolute atomic E-state index is 10.0. The highest BCUT2D eigenvalue weighted by atomic mass is 16.5. The van der Waals surface area contributed by atoms with Crippen LogP contribution in [0.25, 0.3) is 0 Å². The van der Waals surface area contributed by atoms with E-state index in [0.29, 0.717) is 12.1 Å². The molecule has 1 heterocycles. The van der Waals surface area contributed by atoms with E-state index < -0.39 is 18.3 Å². The summed E-state index contributed by atoms with van der Waals surface area (Å²) in [5.74, 6) is 0. The number of aryl methyl sites for hydroxylation is 1. The van der Waals surface area contributed by atoms with E-state index in [1.807, 2.05) is 6.92 Å². The minimum atomic E-state index is -1.10. The first kappa shape index (κ1) is 14.2. The zero-order valence-electron chi connectivity index (χ0n) is 11.1. The van der Waals surface area contributed by atoms with Gasteiger partial charge in [-0.25, -0.2) is 0 Å². The van der Waals surface area contributed by atoms with Crippen LogP contribution in [0, 0.1) is 0 Å². The summed E-state index contributed by atoms with van der Waals surface area (Å²) >= 11 is 0. The molecule has 1 rings (SSSR count). The monoisotopic (exact) mass is 240 g/mol. The van der Waals surface area contributed by atoms with Crippen LogP contribution in [0.3, 0.4) is 0 Å². The summed E-state index contributed by atoms with van der Waals surface area (Å²) in [6.45, 7) is 9.37. The molecular formula is C11H21BN2O3. The van der Waals surface area contributed by atoms with E-state index in [-0.39, 0.29) is 0 Å². The second kappa shape index (κ2) is 4.80. The van der Waals surface area contributed by atoms with E-state index in [2.05, 4.69) is 5.10 Å². The van der Waals surface area contributed by atoms with Gasteiger partial charge in [0, 0.05) is 12.7 Å². The molecule has 0 aliphatic carbocycles. The summed E-state index contributed by atoms with van der Waals surface area (Å²) in [6.07, 6.45) is 1.61. The molecule has 0 bridgehead atoms. The van der Waals surface area contributed by atoms with Crippen LogP contribution in [0.5, 0.6) is 0 Å². The van der Waals surface area contributed by atoms with Crippen molar-refractivity contribution in [3.05, 3.63) is 12.3 Å². The van der Waals surface area contributed by atoms with Gasteiger partial charge in [-0.15, -0.1) is 0 Å². The van der Waals surface area contributed by atoms with Gasteiger partial charge in [0.25, 0.3) is 0 Å². The maximum Gasteiger partial charge on any atom is 0.510 e. The van der Waals surface area contributed by atoms with E-state index in [1.165, 1.54) is 0 Å². The molecule has 96 valence electrons. The van der Waals surface area contributed by atoms with E-state index in [9.17, 15) is 10.1 Å². The van der Waals surface area contributed by atoms with E-state index in [4.69, 9.17) is 4.65 Å². The Balaban J connectivity index is 2.83. The molecule has 5 nitrogen and oxygen atoms in total. The highest BCUT2D eigenvalue weighted by molar-refractivity contribution is 6.59.